The number of carbonyl (C=O) groups excluding carboxylic acids is 1. The number of benzene rings is 1. The number of amides is 1. The van der Waals surface area contributed by atoms with Crippen LogP contribution in [0.1, 0.15) is 25.8 Å². The highest BCUT2D eigenvalue weighted by molar-refractivity contribution is 5.80. The van der Waals surface area contributed by atoms with Gasteiger partial charge in [-0.3, -0.25) is 4.79 Å². The second-order valence-electron chi connectivity index (χ2n) is 5.11. The van der Waals surface area contributed by atoms with E-state index >= 15 is 0 Å². The Balaban J connectivity index is 2.16. The van der Waals surface area contributed by atoms with E-state index in [1.165, 1.54) is 5.56 Å². The van der Waals surface area contributed by atoms with Crippen LogP contribution >= 0.6 is 0 Å². The van der Waals surface area contributed by atoms with Crippen molar-refractivity contribution in [1.82, 2.24) is 4.90 Å². The summed E-state index contributed by atoms with van der Waals surface area (Å²) in [5.74, 6) is 0.584. The Morgan fingerprint density at radius 1 is 1.35 bits per heavy atom. The Labute approximate surface area is 103 Å². The molecule has 1 heterocycles. The fourth-order valence-corrected chi connectivity index (χ4v) is 2.67. The van der Waals surface area contributed by atoms with Crippen molar-refractivity contribution >= 4 is 5.91 Å². The van der Waals surface area contributed by atoms with Crippen LogP contribution in [0.5, 0.6) is 0 Å². The van der Waals surface area contributed by atoms with Gasteiger partial charge in [-0.25, -0.2) is 0 Å². The highest BCUT2D eigenvalue weighted by Crippen LogP contribution is 2.25. The summed E-state index contributed by atoms with van der Waals surface area (Å²) in [5.41, 5.74) is 7.22. The van der Waals surface area contributed by atoms with Crippen molar-refractivity contribution in [3.05, 3.63) is 35.9 Å². The van der Waals surface area contributed by atoms with Crippen LogP contribution in [0.15, 0.2) is 30.3 Å². The average molecular weight is 232 g/mol. The number of hydrogen-bond acceptors (Lipinski definition) is 2. The highest BCUT2D eigenvalue weighted by atomic mass is 16.2. The molecular formula is C14H20N2O. The standard InChI is InChI=1S/C14H20N2O/c1-10(2)14-12(15)8-13(17)16(14)9-11-6-4-3-5-7-11/h3-7,10,12,14H,8-9,15H2,1-2H3/t12-,14+/m0/s1. The maximum absolute atomic E-state index is 11.9. The minimum atomic E-state index is -0.0220. The van der Waals surface area contributed by atoms with Crippen molar-refractivity contribution in [2.75, 3.05) is 0 Å². The van der Waals surface area contributed by atoms with Gasteiger partial charge in [0.05, 0.1) is 0 Å². The summed E-state index contributed by atoms with van der Waals surface area (Å²) in [6.45, 7) is 4.93. The van der Waals surface area contributed by atoms with Gasteiger partial charge in [-0.1, -0.05) is 44.2 Å². The second-order valence-corrected chi connectivity index (χ2v) is 5.11. The molecule has 2 atom stereocenters. The fraction of sp³-hybridized carbons (Fsp3) is 0.500. The molecule has 0 unspecified atom stereocenters. The molecule has 1 aromatic rings. The molecule has 17 heavy (non-hydrogen) atoms. The number of rotatable bonds is 3. The van der Waals surface area contributed by atoms with Gasteiger partial charge in [-0.05, 0) is 11.5 Å². The molecular weight excluding hydrogens is 212 g/mol. The number of nitrogens with zero attached hydrogens (tertiary/aromatic N) is 1. The zero-order valence-corrected chi connectivity index (χ0v) is 10.5. The Kier molecular flexibility index (Phi) is 3.48. The molecule has 2 rings (SSSR count). The maximum Gasteiger partial charge on any atom is 0.224 e. The third-order valence-corrected chi connectivity index (χ3v) is 3.41. The van der Waals surface area contributed by atoms with E-state index in [-0.39, 0.29) is 18.0 Å². The van der Waals surface area contributed by atoms with E-state index in [4.69, 9.17) is 5.73 Å². The quantitative estimate of drug-likeness (QED) is 0.863. The summed E-state index contributed by atoms with van der Waals surface area (Å²) in [7, 11) is 0. The van der Waals surface area contributed by atoms with E-state index in [1.54, 1.807) is 0 Å². The molecule has 0 spiro atoms. The van der Waals surface area contributed by atoms with Crippen LogP contribution in [0.3, 0.4) is 0 Å². The molecule has 3 heteroatoms. The van der Waals surface area contributed by atoms with Crippen LogP contribution in [0.4, 0.5) is 0 Å². The summed E-state index contributed by atoms with van der Waals surface area (Å²) in [6.07, 6.45) is 0.482. The van der Waals surface area contributed by atoms with Gasteiger partial charge in [-0.2, -0.15) is 0 Å². The van der Waals surface area contributed by atoms with Gasteiger partial charge in [0, 0.05) is 25.0 Å². The van der Waals surface area contributed by atoms with Crippen molar-refractivity contribution in [2.45, 2.75) is 38.9 Å². The molecule has 1 aliphatic heterocycles. The van der Waals surface area contributed by atoms with Crippen LogP contribution in [0.2, 0.25) is 0 Å². The minimum absolute atomic E-state index is 0.0220. The lowest BCUT2D eigenvalue weighted by Crippen LogP contribution is -2.43. The van der Waals surface area contributed by atoms with Crippen LogP contribution < -0.4 is 5.73 Å². The number of nitrogens with two attached hydrogens (primary N) is 1. The second kappa shape index (κ2) is 4.88. The summed E-state index contributed by atoms with van der Waals surface area (Å²) in [6, 6.07) is 10.2. The van der Waals surface area contributed by atoms with Crippen molar-refractivity contribution < 1.29 is 4.79 Å². The third kappa shape index (κ3) is 2.50. The summed E-state index contributed by atoms with van der Waals surface area (Å²) >= 11 is 0. The Bertz CT molecular complexity index is 388. The smallest absolute Gasteiger partial charge is 0.224 e. The van der Waals surface area contributed by atoms with Gasteiger partial charge < -0.3 is 10.6 Å². The van der Waals surface area contributed by atoms with Gasteiger partial charge in [0.1, 0.15) is 0 Å². The molecule has 1 saturated heterocycles. The lowest BCUT2D eigenvalue weighted by molar-refractivity contribution is -0.130. The van der Waals surface area contributed by atoms with Crippen molar-refractivity contribution in [3.8, 4) is 0 Å². The van der Waals surface area contributed by atoms with Crippen LogP contribution in [-0.2, 0) is 11.3 Å². The highest BCUT2D eigenvalue weighted by Gasteiger charge is 2.38. The van der Waals surface area contributed by atoms with Crippen LogP contribution in [0.25, 0.3) is 0 Å². The predicted octanol–water partition coefficient (Wildman–Crippen LogP) is 1.77. The molecule has 0 saturated carbocycles. The Morgan fingerprint density at radius 3 is 2.59 bits per heavy atom. The van der Waals surface area contributed by atoms with E-state index in [1.807, 2.05) is 23.1 Å². The molecule has 1 fully saturated rings. The SMILES string of the molecule is CC(C)[C@@H]1[C@@H](N)CC(=O)N1Cc1ccccc1. The van der Waals surface area contributed by atoms with Crippen molar-refractivity contribution in [1.29, 1.82) is 0 Å². The Hall–Kier alpha value is -1.35. The van der Waals surface area contributed by atoms with Gasteiger partial charge in [0.25, 0.3) is 0 Å². The third-order valence-electron chi connectivity index (χ3n) is 3.41. The molecule has 0 aromatic heterocycles. The van der Waals surface area contributed by atoms with Crippen LogP contribution in [0, 0.1) is 5.92 Å². The van der Waals surface area contributed by atoms with Crippen LogP contribution in [-0.4, -0.2) is 22.9 Å². The zero-order chi connectivity index (χ0) is 12.4. The van der Waals surface area contributed by atoms with Gasteiger partial charge in [-0.15, -0.1) is 0 Å². The molecule has 0 radical (unpaired) electrons. The average Bonchev–Trinajstić information content (AvgIpc) is 2.55. The normalized spacial score (nSPS) is 24.7. The summed E-state index contributed by atoms with van der Waals surface area (Å²) < 4.78 is 0. The minimum Gasteiger partial charge on any atom is -0.334 e. The van der Waals surface area contributed by atoms with Gasteiger partial charge in [0.2, 0.25) is 5.91 Å². The Morgan fingerprint density at radius 2 is 2.00 bits per heavy atom. The van der Waals surface area contributed by atoms with Gasteiger partial charge in [0.15, 0.2) is 0 Å². The predicted molar refractivity (Wildman–Crippen MR) is 68.2 cm³/mol. The van der Waals surface area contributed by atoms with Crippen molar-refractivity contribution in [2.24, 2.45) is 11.7 Å². The molecule has 2 N–H and O–H groups in total. The van der Waals surface area contributed by atoms with Gasteiger partial charge >= 0.3 is 0 Å². The summed E-state index contributed by atoms with van der Waals surface area (Å²) in [4.78, 5) is 13.9. The number of hydrogen-bond donors (Lipinski definition) is 1. The molecule has 1 aliphatic rings. The first kappa shape index (κ1) is 12.1. The molecule has 1 aromatic carbocycles. The first-order valence-electron chi connectivity index (χ1n) is 6.18. The maximum atomic E-state index is 11.9. The van der Waals surface area contributed by atoms with E-state index in [2.05, 4.69) is 26.0 Å². The van der Waals surface area contributed by atoms with E-state index in [9.17, 15) is 4.79 Å². The van der Waals surface area contributed by atoms with E-state index < -0.39 is 0 Å². The first-order chi connectivity index (χ1) is 8.09. The van der Waals surface area contributed by atoms with E-state index in [0.29, 0.717) is 18.9 Å². The zero-order valence-electron chi connectivity index (χ0n) is 10.5. The molecule has 3 nitrogen and oxygen atoms in total. The lowest BCUT2D eigenvalue weighted by Gasteiger charge is -2.30. The van der Waals surface area contributed by atoms with E-state index in [0.717, 1.165) is 0 Å². The molecule has 0 aliphatic carbocycles. The molecule has 0 bridgehead atoms. The lowest BCUT2D eigenvalue weighted by atomic mass is 9.98. The topological polar surface area (TPSA) is 46.3 Å². The first-order valence-corrected chi connectivity index (χ1v) is 6.18. The van der Waals surface area contributed by atoms with Crippen molar-refractivity contribution in [3.63, 3.8) is 0 Å². The molecule has 92 valence electrons. The summed E-state index contributed by atoms with van der Waals surface area (Å²) in [5, 5.41) is 0. The molecule has 1 amide bonds. The largest absolute Gasteiger partial charge is 0.334 e. The number of carbonyl (C=O) groups is 1. The number of likely N-dealkylation sites (tertiary alicyclic amines) is 1. The monoisotopic (exact) mass is 232 g/mol. The fourth-order valence-electron chi connectivity index (χ4n) is 2.67.